The summed E-state index contributed by atoms with van der Waals surface area (Å²) in [6, 6.07) is 10.8. The lowest BCUT2D eigenvalue weighted by Crippen LogP contribution is -2.30. The number of carbonyl (C=O) groups is 2. The molecule has 1 amide bonds. The van der Waals surface area contributed by atoms with Gasteiger partial charge in [0.05, 0.1) is 12.0 Å². The first-order chi connectivity index (χ1) is 12.9. The van der Waals surface area contributed by atoms with Crippen LogP contribution in [0.4, 0.5) is 5.69 Å². The topological polar surface area (TPSA) is 108 Å². The van der Waals surface area contributed by atoms with Gasteiger partial charge in [0.1, 0.15) is 11.3 Å². The van der Waals surface area contributed by atoms with E-state index in [4.69, 9.17) is 21.1 Å². The first kappa shape index (κ1) is 20.2. The van der Waals surface area contributed by atoms with Crippen molar-refractivity contribution < 1.29 is 24.0 Å². The lowest BCUT2D eigenvalue weighted by Gasteiger charge is -2.09. The summed E-state index contributed by atoms with van der Waals surface area (Å²) >= 11 is 5.80. The molecule has 0 atom stereocenters. The second kappa shape index (κ2) is 9.54. The molecule has 0 spiro atoms. The summed E-state index contributed by atoms with van der Waals surface area (Å²) in [6.07, 6.45) is 0.593. The second-order valence-electron chi connectivity index (χ2n) is 5.44. The SMILES string of the molecule is COc1ccc([N+](=O)[O-])cc1C(=O)OCC(=O)NCCc1ccc(Cl)cc1. The van der Waals surface area contributed by atoms with Gasteiger partial charge < -0.3 is 14.8 Å². The van der Waals surface area contributed by atoms with Crippen molar-refractivity contribution in [2.45, 2.75) is 6.42 Å². The first-order valence-corrected chi connectivity index (χ1v) is 8.29. The lowest BCUT2D eigenvalue weighted by molar-refractivity contribution is -0.384. The van der Waals surface area contributed by atoms with Crippen LogP contribution in [0.5, 0.6) is 5.75 Å². The van der Waals surface area contributed by atoms with E-state index in [1.165, 1.54) is 19.2 Å². The van der Waals surface area contributed by atoms with Crippen molar-refractivity contribution in [2.75, 3.05) is 20.3 Å². The van der Waals surface area contributed by atoms with E-state index in [-0.39, 0.29) is 17.0 Å². The van der Waals surface area contributed by atoms with Crippen molar-refractivity contribution >= 4 is 29.2 Å². The summed E-state index contributed by atoms with van der Waals surface area (Å²) in [4.78, 5) is 34.1. The maximum absolute atomic E-state index is 12.1. The van der Waals surface area contributed by atoms with Crippen molar-refractivity contribution in [3.05, 3.63) is 68.7 Å². The third-order valence-electron chi connectivity index (χ3n) is 3.60. The van der Waals surface area contributed by atoms with E-state index in [0.717, 1.165) is 11.6 Å². The molecule has 0 unspecified atom stereocenters. The molecule has 0 heterocycles. The molecule has 0 fully saturated rings. The Balaban J connectivity index is 1.85. The number of halogens is 1. The Morgan fingerprint density at radius 2 is 1.89 bits per heavy atom. The van der Waals surface area contributed by atoms with Crippen LogP contribution in [0.25, 0.3) is 0 Å². The number of ether oxygens (including phenoxy) is 2. The molecule has 2 rings (SSSR count). The van der Waals surface area contributed by atoms with Gasteiger partial charge in [-0.25, -0.2) is 4.79 Å². The van der Waals surface area contributed by atoms with Crippen LogP contribution in [0.1, 0.15) is 15.9 Å². The zero-order valence-electron chi connectivity index (χ0n) is 14.4. The van der Waals surface area contributed by atoms with E-state index in [9.17, 15) is 19.7 Å². The van der Waals surface area contributed by atoms with Crippen molar-refractivity contribution in [1.82, 2.24) is 5.32 Å². The zero-order chi connectivity index (χ0) is 19.8. The maximum Gasteiger partial charge on any atom is 0.342 e. The van der Waals surface area contributed by atoms with E-state index in [1.807, 2.05) is 12.1 Å². The zero-order valence-corrected chi connectivity index (χ0v) is 15.2. The van der Waals surface area contributed by atoms with Crippen LogP contribution in [0.15, 0.2) is 42.5 Å². The molecule has 2 aromatic rings. The van der Waals surface area contributed by atoms with Gasteiger partial charge in [-0.3, -0.25) is 14.9 Å². The number of hydrogen-bond acceptors (Lipinski definition) is 6. The van der Waals surface area contributed by atoms with Gasteiger partial charge in [0.2, 0.25) is 0 Å². The van der Waals surface area contributed by atoms with E-state index in [2.05, 4.69) is 5.32 Å². The van der Waals surface area contributed by atoms with Gasteiger partial charge >= 0.3 is 5.97 Å². The quantitative estimate of drug-likeness (QED) is 0.420. The highest BCUT2D eigenvalue weighted by molar-refractivity contribution is 6.30. The molecule has 0 bridgehead atoms. The number of nitrogens with zero attached hydrogens (tertiary/aromatic N) is 1. The summed E-state index contributed by atoms with van der Waals surface area (Å²) < 4.78 is 9.91. The highest BCUT2D eigenvalue weighted by Gasteiger charge is 2.19. The van der Waals surface area contributed by atoms with Gasteiger partial charge in [0.25, 0.3) is 11.6 Å². The summed E-state index contributed by atoms with van der Waals surface area (Å²) in [6.45, 7) is -0.149. The van der Waals surface area contributed by atoms with Gasteiger partial charge in [-0.2, -0.15) is 0 Å². The number of nitro groups is 1. The molecule has 1 N–H and O–H groups in total. The normalized spacial score (nSPS) is 10.1. The Labute approximate surface area is 160 Å². The van der Waals surface area contributed by atoms with Gasteiger partial charge in [0.15, 0.2) is 6.61 Å². The molecule has 2 aromatic carbocycles. The Kier molecular flexibility index (Phi) is 7.13. The van der Waals surface area contributed by atoms with Crippen molar-refractivity contribution in [3.63, 3.8) is 0 Å². The molecule has 142 valence electrons. The fourth-order valence-electron chi connectivity index (χ4n) is 2.23. The molecule has 0 saturated carbocycles. The van der Waals surface area contributed by atoms with Crippen LogP contribution in [-0.4, -0.2) is 37.1 Å². The number of nitro benzene ring substituents is 1. The molecular weight excluding hydrogens is 376 g/mol. The molecule has 0 radical (unpaired) electrons. The Hall–Kier alpha value is -3.13. The van der Waals surface area contributed by atoms with Crippen LogP contribution in [-0.2, 0) is 16.0 Å². The number of benzene rings is 2. The van der Waals surface area contributed by atoms with Gasteiger partial charge in [-0.15, -0.1) is 0 Å². The first-order valence-electron chi connectivity index (χ1n) is 7.91. The molecule has 27 heavy (non-hydrogen) atoms. The minimum absolute atomic E-state index is 0.119. The van der Waals surface area contributed by atoms with Crippen molar-refractivity contribution in [3.8, 4) is 5.75 Å². The van der Waals surface area contributed by atoms with Crippen molar-refractivity contribution in [1.29, 1.82) is 0 Å². The summed E-state index contributed by atoms with van der Waals surface area (Å²) in [5, 5.41) is 14.1. The molecule has 0 aliphatic carbocycles. The monoisotopic (exact) mass is 392 g/mol. The molecule has 0 aliphatic heterocycles. The number of non-ortho nitro benzene ring substituents is 1. The predicted molar refractivity (Wildman–Crippen MR) is 98.1 cm³/mol. The highest BCUT2D eigenvalue weighted by Crippen LogP contribution is 2.24. The van der Waals surface area contributed by atoms with Gasteiger partial charge in [-0.1, -0.05) is 23.7 Å². The number of esters is 1. The van der Waals surface area contributed by atoms with Gasteiger partial charge in [0, 0.05) is 23.7 Å². The minimum atomic E-state index is -0.886. The Morgan fingerprint density at radius 1 is 1.19 bits per heavy atom. The summed E-state index contributed by atoms with van der Waals surface area (Å²) in [5.74, 6) is -1.25. The Morgan fingerprint density at radius 3 is 2.52 bits per heavy atom. The molecule has 0 aliphatic rings. The van der Waals surface area contributed by atoms with Crippen LogP contribution in [0.2, 0.25) is 5.02 Å². The second-order valence-corrected chi connectivity index (χ2v) is 5.88. The third-order valence-corrected chi connectivity index (χ3v) is 3.85. The molecular formula is C18H17ClN2O6. The smallest absolute Gasteiger partial charge is 0.342 e. The number of nitrogens with one attached hydrogen (secondary N) is 1. The van der Waals surface area contributed by atoms with Crippen LogP contribution in [0, 0.1) is 10.1 Å². The van der Waals surface area contributed by atoms with E-state index in [1.54, 1.807) is 12.1 Å². The number of methoxy groups -OCH3 is 1. The Bertz CT molecular complexity index is 838. The fourth-order valence-corrected chi connectivity index (χ4v) is 2.35. The molecule has 0 saturated heterocycles. The van der Waals surface area contributed by atoms with Crippen LogP contribution in [0.3, 0.4) is 0 Å². The van der Waals surface area contributed by atoms with Crippen LogP contribution < -0.4 is 10.1 Å². The van der Waals surface area contributed by atoms with Crippen molar-refractivity contribution in [2.24, 2.45) is 0 Å². The number of amides is 1. The van der Waals surface area contributed by atoms with E-state index >= 15 is 0 Å². The molecule has 9 heteroatoms. The molecule has 0 aromatic heterocycles. The standard InChI is InChI=1S/C18H17ClN2O6/c1-26-16-7-6-14(21(24)25)10-15(16)18(23)27-11-17(22)20-9-8-12-2-4-13(19)5-3-12/h2-7,10H,8-9,11H2,1H3,(H,20,22). The summed E-state index contributed by atoms with van der Waals surface area (Å²) in [7, 11) is 1.32. The molecule has 8 nitrogen and oxygen atoms in total. The highest BCUT2D eigenvalue weighted by atomic mass is 35.5. The minimum Gasteiger partial charge on any atom is -0.496 e. The summed E-state index contributed by atoms with van der Waals surface area (Å²) in [5.41, 5.74) is 0.592. The number of rotatable bonds is 8. The average molecular weight is 393 g/mol. The number of hydrogen-bond donors (Lipinski definition) is 1. The average Bonchev–Trinajstić information content (AvgIpc) is 2.67. The van der Waals surface area contributed by atoms with E-state index in [0.29, 0.717) is 18.0 Å². The largest absolute Gasteiger partial charge is 0.496 e. The fraction of sp³-hybridized carbons (Fsp3) is 0.222. The predicted octanol–water partition coefficient (Wildman–Crippen LogP) is 2.77. The number of carbonyl (C=O) groups excluding carboxylic acids is 2. The lowest BCUT2D eigenvalue weighted by atomic mass is 10.1. The third kappa shape index (κ3) is 5.96. The van der Waals surface area contributed by atoms with Gasteiger partial charge in [-0.05, 0) is 30.2 Å². The maximum atomic E-state index is 12.1. The van der Waals surface area contributed by atoms with E-state index < -0.39 is 23.4 Å². The van der Waals surface area contributed by atoms with Crippen LogP contribution >= 0.6 is 11.6 Å².